The van der Waals surface area contributed by atoms with Gasteiger partial charge in [-0.05, 0) is 19.9 Å². The van der Waals surface area contributed by atoms with Crippen LogP contribution in [0, 0.1) is 11.7 Å². The van der Waals surface area contributed by atoms with E-state index >= 15 is 0 Å². The van der Waals surface area contributed by atoms with Crippen LogP contribution in [0.2, 0.25) is 10.3 Å². The highest BCUT2D eigenvalue weighted by atomic mass is 35.5. The van der Waals surface area contributed by atoms with Gasteiger partial charge in [0.1, 0.15) is 5.15 Å². The van der Waals surface area contributed by atoms with Crippen molar-refractivity contribution in [3.8, 4) is 0 Å². The molecule has 0 aliphatic carbocycles. The highest BCUT2D eigenvalue weighted by Crippen LogP contribution is 2.24. The van der Waals surface area contributed by atoms with Crippen molar-refractivity contribution >= 4 is 40.9 Å². The van der Waals surface area contributed by atoms with Gasteiger partial charge in [-0.3, -0.25) is 14.4 Å². The fourth-order valence-electron chi connectivity index (χ4n) is 1.54. The molecule has 0 bridgehead atoms. The summed E-state index contributed by atoms with van der Waals surface area (Å²) in [6.45, 7) is 2.90. The molecule has 1 heterocycles. The van der Waals surface area contributed by atoms with Crippen LogP contribution in [0.5, 0.6) is 0 Å². The molecule has 0 unspecified atom stereocenters. The monoisotopic (exact) mass is 353 g/mol. The maximum atomic E-state index is 13.4. The van der Waals surface area contributed by atoms with E-state index in [0.29, 0.717) is 6.07 Å². The van der Waals surface area contributed by atoms with E-state index in [2.05, 4.69) is 14.5 Å². The summed E-state index contributed by atoms with van der Waals surface area (Å²) in [4.78, 5) is 39.4. The van der Waals surface area contributed by atoms with Crippen molar-refractivity contribution in [1.29, 1.82) is 0 Å². The number of ketones is 1. The van der Waals surface area contributed by atoms with E-state index in [0.717, 1.165) is 0 Å². The zero-order chi connectivity index (χ0) is 16.9. The molecule has 9 heteroatoms. The van der Waals surface area contributed by atoms with Crippen LogP contribution < -0.4 is 0 Å². The average Bonchev–Trinajstić information content (AvgIpc) is 2.43. The van der Waals surface area contributed by atoms with Gasteiger partial charge < -0.3 is 9.47 Å². The Morgan fingerprint density at radius 1 is 1.14 bits per heavy atom. The summed E-state index contributed by atoms with van der Waals surface area (Å²) in [6, 6.07) is 0.700. The number of rotatable bonds is 6. The third-order valence-corrected chi connectivity index (χ3v) is 3.01. The van der Waals surface area contributed by atoms with Gasteiger partial charge in [0.15, 0.2) is 16.8 Å². The second-order valence-electron chi connectivity index (χ2n) is 3.90. The van der Waals surface area contributed by atoms with Gasteiger partial charge in [0.05, 0.1) is 18.8 Å². The lowest BCUT2D eigenvalue weighted by Gasteiger charge is -2.14. The van der Waals surface area contributed by atoms with Crippen molar-refractivity contribution in [2.45, 2.75) is 13.8 Å². The second kappa shape index (κ2) is 8.05. The van der Waals surface area contributed by atoms with E-state index in [1.165, 1.54) is 13.8 Å². The van der Waals surface area contributed by atoms with E-state index in [4.69, 9.17) is 23.2 Å². The van der Waals surface area contributed by atoms with E-state index in [1.807, 2.05) is 0 Å². The zero-order valence-electron chi connectivity index (χ0n) is 11.7. The van der Waals surface area contributed by atoms with Crippen LogP contribution in [0.15, 0.2) is 6.07 Å². The smallest absolute Gasteiger partial charge is 0.328 e. The molecule has 22 heavy (non-hydrogen) atoms. The summed E-state index contributed by atoms with van der Waals surface area (Å²) in [7, 11) is 0. The van der Waals surface area contributed by atoms with Gasteiger partial charge in [0, 0.05) is 0 Å². The molecule has 0 saturated heterocycles. The Kier molecular flexibility index (Phi) is 6.70. The SMILES string of the molecule is CCOC(=O)[14CH](C(=O)OCC)C(=O)c1cc(F)c(Cl)nc1Cl. The minimum atomic E-state index is -1.90. The maximum absolute atomic E-state index is 13.4. The van der Waals surface area contributed by atoms with Crippen LogP contribution in [0.4, 0.5) is 4.39 Å². The Morgan fingerprint density at radius 2 is 1.64 bits per heavy atom. The van der Waals surface area contributed by atoms with Crippen LogP contribution in [-0.2, 0) is 19.1 Å². The molecule has 0 radical (unpaired) electrons. The molecule has 0 aliphatic rings. The third-order valence-electron chi connectivity index (χ3n) is 2.46. The Labute approximate surface area is 135 Å². The summed E-state index contributed by atoms with van der Waals surface area (Å²) in [5.74, 6) is -6.22. The first kappa shape index (κ1) is 18.3. The van der Waals surface area contributed by atoms with Crippen molar-refractivity contribution in [2.24, 2.45) is 5.92 Å². The highest BCUT2D eigenvalue weighted by Gasteiger charge is 2.39. The van der Waals surface area contributed by atoms with Crippen LogP contribution in [0.3, 0.4) is 0 Å². The molecule has 0 saturated carbocycles. The number of carbonyl (C=O) groups excluding carboxylic acids is 3. The third kappa shape index (κ3) is 4.14. The standard InChI is InChI=1S/C13H12Cl2FNO5/c1-3-21-12(19)8(13(20)22-4-2)9(18)6-5-7(16)11(15)17-10(6)14/h5,8H,3-4H2,1-2H3/i8+2. The molecule has 1 aromatic heterocycles. The minimum absolute atomic E-state index is 0.0526. The van der Waals surface area contributed by atoms with Crippen LogP contribution in [-0.4, -0.2) is 35.9 Å². The summed E-state index contributed by atoms with van der Waals surface area (Å²) < 4.78 is 22.8. The van der Waals surface area contributed by atoms with Gasteiger partial charge in [-0.1, -0.05) is 23.2 Å². The fourth-order valence-corrected chi connectivity index (χ4v) is 1.95. The quantitative estimate of drug-likeness (QED) is 0.338. The van der Waals surface area contributed by atoms with Gasteiger partial charge >= 0.3 is 11.9 Å². The van der Waals surface area contributed by atoms with Gasteiger partial charge in [0.2, 0.25) is 5.92 Å². The number of esters is 2. The number of aromatic nitrogens is 1. The highest BCUT2D eigenvalue weighted by molar-refractivity contribution is 6.36. The van der Waals surface area contributed by atoms with Crippen molar-refractivity contribution in [3.05, 3.63) is 27.8 Å². The lowest BCUT2D eigenvalue weighted by molar-refractivity contribution is -0.158. The van der Waals surface area contributed by atoms with Crippen molar-refractivity contribution in [2.75, 3.05) is 13.2 Å². The van der Waals surface area contributed by atoms with Gasteiger partial charge in [-0.15, -0.1) is 0 Å². The summed E-state index contributed by atoms with van der Waals surface area (Å²) >= 11 is 11.1. The molecule has 1 aromatic rings. The van der Waals surface area contributed by atoms with E-state index in [9.17, 15) is 18.8 Å². The molecular weight excluding hydrogens is 342 g/mol. The minimum Gasteiger partial charge on any atom is -0.465 e. The van der Waals surface area contributed by atoms with Crippen molar-refractivity contribution in [1.82, 2.24) is 4.98 Å². The Bertz CT molecular complexity index is 590. The first-order valence-electron chi connectivity index (χ1n) is 6.22. The normalized spacial score (nSPS) is 10.5. The molecule has 0 aromatic carbocycles. The number of Topliss-reactive ketones (excluding diaryl/α,β-unsaturated/α-hetero) is 1. The van der Waals surface area contributed by atoms with Gasteiger partial charge in [-0.25, -0.2) is 9.37 Å². The first-order chi connectivity index (χ1) is 10.3. The summed E-state index contributed by atoms with van der Waals surface area (Å²) in [5.41, 5.74) is -0.463. The van der Waals surface area contributed by atoms with E-state index in [-0.39, 0.29) is 13.2 Å². The number of hydrogen-bond acceptors (Lipinski definition) is 6. The molecule has 1 rings (SSSR count). The number of hydrogen-bond donors (Lipinski definition) is 0. The largest absolute Gasteiger partial charge is 0.465 e. The molecule has 0 aliphatic heterocycles. The molecule has 0 atom stereocenters. The number of pyridine rings is 1. The summed E-state index contributed by atoms with van der Waals surface area (Å²) in [6.07, 6.45) is 0. The predicted molar refractivity (Wildman–Crippen MR) is 75.3 cm³/mol. The Balaban J connectivity index is 3.24. The van der Waals surface area contributed by atoms with Crippen LogP contribution >= 0.6 is 23.2 Å². The van der Waals surface area contributed by atoms with E-state index in [1.54, 1.807) is 0 Å². The predicted octanol–water partition coefficient (Wildman–Crippen LogP) is 2.45. The summed E-state index contributed by atoms with van der Waals surface area (Å²) in [5, 5.41) is -0.972. The van der Waals surface area contributed by atoms with Crippen molar-refractivity contribution in [3.63, 3.8) is 0 Å². The van der Waals surface area contributed by atoms with Gasteiger partial charge in [-0.2, -0.15) is 0 Å². The lowest BCUT2D eigenvalue weighted by Crippen LogP contribution is -2.35. The molecule has 120 valence electrons. The lowest BCUT2D eigenvalue weighted by atomic mass is 10.2. The maximum Gasteiger partial charge on any atom is 0.328 e. The number of nitrogens with zero attached hydrogens (tertiary/aromatic N) is 1. The second-order valence-corrected chi connectivity index (χ2v) is 4.62. The molecule has 6 nitrogen and oxygen atoms in total. The van der Waals surface area contributed by atoms with E-state index < -0.39 is 45.3 Å². The molecule has 0 amide bonds. The number of ether oxygens (including phenoxy) is 2. The Hall–Kier alpha value is -1.73. The Morgan fingerprint density at radius 3 is 2.09 bits per heavy atom. The fraction of sp³-hybridized carbons (Fsp3) is 0.385. The average molecular weight is 354 g/mol. The first-order valence-corrected chi connectivity index (χ1v) is 6.98. The van der Waals surface area contributed by atoms with Crippen LogP contribution in [0.25, 0.3) is 0 Å². The molecule has 0 fully saturated rings. The number of carbonyl (C=O) groups is 3. The van der Waals surface area contributed by atoms with Crippen LogP contribution in [0.1, 0.15) is 24.2 Å². The molecule has 0 spiro atoms. The zero-order valence-corrected chi connectivity index (χ0v) is 13.2. The topological polar surface area (TPSA) is 82.6 Å². The van der Waals surface area contributed by atoms with Gasteiger partial charge in [0.25, 0.3) is 0 Å². The van der Waals surface area contributed by atoms with Crippen molar-refractivity contribution < 1.29 is 28.2 Å². The molecule has 0 N–H and O–H groups in total. The molecular formula is C13H12Cl2FNO5. The number of halogens is 3.